The molecule has 14 heteroatoms. The average Bonchev–Trinajstić information content (AvgIpc) is 3.25. The molecule has 5 aromatic rings. The molecule has 1 aliphatic rings. The SMILES string of the molecule is COc1nc2c(cc1Nc1ncc(Br)c(Nc3ccc4nccnc4c3P(C)(C)=O)n1)-c1cnn(C)c1CCN2C(C)C. The number of aromatic nitrogens is 7. The summed E-state index contributed by atoms with van der Waals surface area (Å²) in [4.78, 5) is 25.3. The molecule has 0 aliphatic carbocycles. The van der Waals surface area contributed by atoms with Crippen LogP contribution < -0.4 is 25.6 Å². The van der Waals surface area contributed by atoms with Crippen LogP contribution in [0.4, 0.5) is 29.0 Å². The van der Waals surface area contributed by atoms with Crippen molar-refractivity contribution in [3.05, 3.63) is 53.2 Å². The van der Waals surface area contributed by atoms with Crippen molar-refractivity contribution in [3.8, 4) is 17.0 Å². The zero-order valence-corrected chi connectivity index (χ0v) is 27.2. The Bertz CT molecular complexity index is 1900. The highest BCUT2D eigenvalue weighted by atomic mass is 79.9. The van der Waals surface area contributed by atoms with E-state index in [0.717, 1.165) is 35.6 Å². The minimum atomic E-state index is -2.76. The molecule has 0 bridgehead atoms. The van der Waals surface area contributed by atoms with E-state index in [0.29, 0.717) is 49.8 Å². The van der Waals surface area contributed by atoms with Crippen LogP contribution in [0.2, 0.25) is 0 Å². The van der Waals surface area contributed by atoms with Crippen LogP contribution in [-0.2, 0) is 18.0 Å². The predicted octanol–water partition coefficient (Wildman–Crippen LogP) is 5.49. The Morgan fingerprint density at radius 1 is 1.02 bits per heavy atom. The molecule has 1 aliphatic heterocycles. The van der Waals surface area contributed by atoms with E-state index in [2.05, 4.69) is 65.4 Å². The Kier molecular flexibility index (Phi) is 7.55. The first-order valence-electron chi connectivity index (χ1n) is 13.8. The van der Waals surface area contributed by atoms with Gasteiger partial charge in [0, 0.05) is 61.5 Å². The van der Waals surface area contributed by atoms with E-state index in [1.165, 1.54) is 0 Å². The summed E-state index contributed by atoms with van der Waals surface area (Å²) in [6.45, 7) is 8.57. The first-order valence-corrected chi connectivity index (χ1v) is 17.2. The third kappa shape index (κ3) is 5.43. The quantitative estimate of drug-likeness (QED) is 0.214. The molecule has 0 radical (unpaired) electrons. The van der Waals surface area contributed by atoms with Gasteiger partial charge in [-0.3, -0.25) is 14.6 Å². The van der Waals surface area contributed by atoms with Crippen molar-refractivity contribution < 1.29 is 9.30 Å². The maximum absolute atomic E-state index is 13.4. The van der Waals surface area contributed by atoms with E-state index in [-0.39, 0.29) is 6.04 Å². The topological polar surface area (TPSA) is 136 Å². The highest BCUT2D eigenvalue weighted by Crippen LogP contribution is 2.43. The number of methoxy groups -OCH3 is 1. The third-order valence-electron chi connectivity index (χ3n) is 7.39. The van der Waals surface area contributed by atoms with Gasteiger partial charge in [-0.25, -0.2) is 4.98 Å². The molecular formula is C29H32BrN10O2P. The number of hydrogen-bond acceptors (Lipinski definition) is 11. The molecule has 0 fully saturated rings. The molecule has 0 atom stereocenters. The molecule has 12 nitrogen and oxygen atoms in total. The van der Waals surface area contributed by atoms with Crippen LogP contribution in [0.15, 0.2) is 47.5 Å². The van der Waals surface area contributed by atoms with Crippen LogP contribution in [0.3, 0.4) is 0 Å². The molecule has 222 valence electrons. The summed E-state index contributed by atoms with van der Waals surface area (Å²) in [5.41, 5.74) is 5.65. The summed E-state index contributed by atoms with van der Waals surface area (Å²) < 4.78 is 21.7. The summed E-state index contributed by atoms with van der Waals surface area (Å²) in [6, 6.07) is 5.95. The number of pyridine rings is 1. The number of fused-ring (bicyclic) bond motifs is 4. The Hall–Kier alpha value is -4.09. The summed E-state index contributed by atoms with van der Waals surface area (Å²) in [5.74, 6) is 2.08. The molecule has 1 aromatic carbocycles. The second kappa shape index (κ2) is 11.2. The number of nitrogens with zero attached hydrogens (tertiary/aromatic N) is 8. The van der Waals surface area contributed by atoms with Crippen LogP contribution in [0.1, 0.15) is 19.5 Å². The normalized spacial score (nSPS) is 13.1. The van der Waals surface area contributed by atoms with Crippen molar-refractivity contribution in [1.29, 1.82) is 0 Å². The van der Waals surface area contributed by atoms with Crippen LogP contribution in [0.5, 0.6) is 5.88 Å². The number of hydrogen-bond donors (Lipinski definition) is 2. The van der Waals surface area contributed by atoms with Gasteiger partial charge in [-0.15, -0.1) is 0 Å². The molecule has 0 saturated heterocycles. The monoisotopic (exact) mass is 662 g/mol. The Morgan fingerprint density at radius 2 is 1.81 bits per heavy atom. The molecule has 43 heavy (non-hydrogen) atoms. The van der Waals surface area contributed by atoms with Gasteiger partial charge in [-0.1, -0.05) is 0 Å². The minimum absolute atomic E-state index is 0.244. The zero-order chi connectivity index (χ0) is 30.5. The molecule has 4 aromatic heterocycles. The smallest absolute Gasteiger partial charge is 0.239 e. The largest absolute Gasteiger partial charge is 0.479 e. The lowest BCUT2D eigenvalue weighted by Crippen LogP contribution is -2.33. The van der Waals surface area contributed by atoms with Gasteiger partial charge < -0.3 is 24.8 Å². The highest BCUT2D eigenvalue weighted by Gasteiger charge is 2.28. The Labute approximate surface area is 257 Å². The van der Waals surface area contributed by atoms with Gasteiger partial charge in [-0.05, 0) is 61.3 Å². The van der Waals surface area contributed by atoms with E-state index in [9.17, 15) is 4.57 Å². The Morgan fingerprint density at radius 3 is 2.56 bits per heavy atom. The number of ether oxygens (including phenoxy) is 1. The van der Waals surface area contributed by atoms with Gasteiger partial charge in [0.25, 0.3) is 0 Å². The van der Waals surface area contributed by atoms with E-state index in [1.54, 1.807) is 39.0 Å². The van der Waals surface area contributed by atoms with Gasteiger partial charge >= 0.3 is 0 Å². The maximum Gasteiger partial charge on any atom is 0.239 e. The van der Waals surface area contributed by atoms with Crippen molar-refractivity contribution in [2.75, 3.05) is 42.5 Å². The molecule has 0 amide bonds. The lowest BCUT2D eigenvalue weighted by molar-refractivity contribution is 0.400. The van der Waals surface area contributed by atoms with Crippen LogP contribution in [0.25, 0.3) is 22.2 Å². The van der Waals surface area contributed by atoms with Crippen LogP contribution in [-0.4, -0.2) is 67.7 Å². The molecule has 5 heterocycles. The van der Waals surface area contributed by atoms with E-state index < -0.39 is 7.14 Å². The number of benzene rings is 1. The standard InChI is InChI=1S/C29H32BrN10O2P/c1-16(2)40-12-9-23-18(14-34-39(23)3)17-13-22(28(42-4)38-27(17)40)36-29-33-15-19(30)26(37-29)35-21-8-7-20-24(32-11-10-31-20)25(21)43(5,6)41/h7-8,10-11,13-16H,9,12H2,1-6H3,(H2,33,35,36,37). The van der Waals surface area contributed by atoms with E-state index >= 15 is 0 Å². The summed E-state index contributed by atoms with van der Waals surface area (Å²) in [7, 11) is 0.804. The van der Waals surface area contributed by atoms with Crippen molar-refractivity contribution in [2.45, 2.75) is 26.3 Å². The zero-order valence-electron chi connectivity index (χ0n) is 24.8. The number of rotatable bonds is 7. The third-order valence-corrected chi connectivity index (χ3v) is 9.50. The van der Waals surface area contributed by atoms with E-state index in [1.807, 2.05) is 36.1 Å². The molecule has 2 N–H and O–H groups in total. The van der Waals surface area contributed by atoms with Crippen LogP contribution >= 0.6 is 23.1 Å². The average molecular weight is 664 g/mol. The fourth-order valence-electron chi connectivity index (χ4n) is 5.40. The molecule has 0 saturated carbocycles. The van der Waals surface area contributed by atoms with Crippen molar-refractivity contribution in [1.82, 2.24) is 34.7 Å². The van der Waals surface area contributed by atoms with Gasteiger partial charge in [0.1, 0.15) is 30.0 Å². The number of aryl methyl sites for hydroxylation is 1. The maximum atomic E-state index is 13.4. The first kappa shape index (κ1) is 29.0. The predicted molar refractivity (Wildman–Crippen MR) is 174 cm³/mol. The number of anilines is 5. The van der Waals surface area contributed by atoms with Crippen molar-refractivity contribution in [3.63, 3.8) is 0 Å². The molecule has 0 spiro atoms. The number of nitrogens with one attached hydrogen (secondary N) is 2. The van der Waals surface area contributed by atoms with E-state index in [4.69, 9.17) is 14.7 Å². The second-order valence-corrected chi connectivity index (χ2v) is 15.0. The minimum Gasteiger partial charge on any atom is -0.479 e. The van der Waals surface area contributed by atoms with Gasteiger partial charge in [0.2, 0.25) is 11.8 Å². The lowest BCUT2D eigenvalue weighted by atomic mass is 10.1. The second-order valence-electron chi connectivity index (χ2n) is 11.0. The van der Waals surface area contributed by atoms with Crippen molar-refractivity contribution >= 4 is 68.4 Å². The fraction of sp³-hybridized carbons (Fsp3) is 0.310. The van der Waals surface area contributed by atoms with Crippen molar-refractivity contribution in [2.24, 2.45) is 7.05 Å². The fourth-order valence-corrected chi connectivity index (χ4v) is 7.08. The molecule has 0 unspecified atom stereocenters. The highest BCUT2D eigenvalue weighted by molar-refractivity contribution is 9.10. The summed E-state index contributed by atoms with van der Waals surface area (Å²) in [6.07, 6.45) is 7.61. The van der Waals surface area contributed by atoms with Gasteiger partial charge in [-0.2, -0.15) is 15.1 Å². The number of halogens is 1. The van der Waals surface area contributed by atoms with Crippen LogP contribution in [0, 0.1) is 0 Å². The molecular weight excluding hydrogens is 631 g/mol. The first-order chi connectivity index (χ1) is 20.5. The Balaban J connectivity index is 1.41. The van der Waals surface area contributed by atoms with Gasteiger partial charge in [0.15, 0.2) is 0 Å². The van der Waals surface area contributed by atoms with Gasteiger partial charge in [0.05, 0.1) is 34.3 Å². The summed E-state index contributed by atoms with van der Waals surface area (Å²) in [5, 5.41) is 11.8. The molecule has 6 rings (SSSR count). The summed E-state index contributed by atoms with van der Waals surface area (Å²) >= 11 is 3.56. The lowest BCUT2D eigenvalue weighted by Gasteiger charge is -2.28.